The summed E-state index contributed by atoms with van der Waals surface area (Å²) in [6.45, 7) is 10.4. The Morgan fingerprint density at radius 1 is 1.36 bits per heavy atom. The molecule has 2 heteroatoms. The van der Waals surface area contributed by atoms with Crippen LogP contribution in [0.15, 0.2) is 36.6 Å². The SMILES string of the molecule is C=C(C)C=COC(=O)C(=C)C. The molecule has 0 amide bonds. The third-order valence-corrected chi connectivity index (χ3v) is 0.876. The molecule has 0 N–H and O–H groups in total. The minimum absolute atomic E-state index is 0.386. The second-order valence-electron chi connectivity index (χ2n) is 2.33. The minimum Gasteiger partial charge on any atom is -0.431 e. The van der Waals surface area contributed by atoms with E-state index in [1.165, 1.54) is 6.26 Å². The molecule has 0 aliphatic rings. The van der Waals surface area contributed by atoms with Gasteiger partial charge in [0.15, 0.2) is 0 Å². The topological polar surface area (TPSA) is 26.3 Å². The fraction of sp³-hybridized carbons (Fsp3) is 0.222. The lowest BCUT2D eigenvalue weighted by Crippen LogP contribution is -1.98. The van der Waals surface area contributed by atoms with Crippen LogP contribution in [-0.4, -0.2) is 5.97 Å². The minimum atomic E-state index is -0.414. The summed E-state index contributed by atoms with van der Waals surface area (Å²) in [4.78, 5) is 10.7. The van der Waals surface area contributed by atoms with Gasteiger partial charge < -0.3 is 4.74 Å². The van der Waals surface area contributed by atoms with Crippen molar-refractivity contribution in [3.05, 3.63) is 36.6 Å². The molecule has 0 aromatic carbocycles. The van der Waals surface area contributed by atoms with Crippen molar-refractivity contribution < 1.29 is 9.53 Å². The summed E-state index contributed by atoms with van der Waals surface area (Å²) in [6, 6.07) is 0. The van der Waals surface area contributed by atoms with E-state index in [-0.39, 0.29) is 0 Å². The molecule has 0 unspecified atom stereocenters. The number of rotatable bonds is 3. The smallest absolute Gasteiger partial charge is 0.337 e. The molecule has 0 heterocycles. The van der Waals surface area contributed by atoms with Gasteiger partial charge in [-0.3, -0.25) is 0 Å². The maximum absolute atomic E-state index is 10.7. The fourth-order valence-electron chi connectivity index (χ4n) is 0.313. The monoisotopic (exact) mass is 152 g/mol. The Labute approximate surface area is 66.9 Å². The van der Waals surface area contributed by atoms with Crippen molar-refractivity contribution in [1.82, 2.24) is 0 Å². The van der Waals surface area contributed by atoms with Gasteiger partial charge in [-0.1, -0.05) is 18.7 Å². The molecule has 0 radical (unpaired) electrons. The van der Waals surface area contributed by atoms with Crippen molar-refractivity contribution >= 4 is 5.97 Å². The van der Waals surface area contributed by atoms with Gasteiger partial charge in [0.25, 0.3) is 0 Å². The Morgan fingerprint density at radius 2 is 1.91 bits per heavy atom. The Bertz CT molecular complexity index is 212. The predicted molar refractivity (Wildman–Crippen MR) is 44.9 cm³/mol. The van der Waals surface area contributed by atoms with Crippen LogP contribution in [0.2, 0.25) is 0 Å². The summed E-state index contributed by atoms with van der Waals surface area (Å²) in [5, 5.41) is 0. The van der Waals surface area contributed by atoms with E-state index in [2.05, 4.69) is 17.9 Å². The van der Waals surface area contributed by atoms with E-state index in [0.717, 1.165) is 5.57 Å². The first-order valence-electron chi connectivity index (χ1n) is 3.22. The van der Waals surface area contributed by atoms with Crippen molar-refractivity contribution in [2.75, 3.05) is 0 Å². The molecule has 0 fully saturated rings. The number of carbonyl (C=O) groups is 1. The standard InChI is InChI=1S/C9H12O2/c1-7(2)5-6-11-9(10)8(3)4/h5-6H,1,3H2,2,4H3. The number of carbonyl (C=O) groups excluding carboxylic acids is 1. The average Bonchev–Trinajstić information content (AvgIpc) is 1.86. The quantitative estimate of drug-likeness (QED) is 0.268. The van der Waals surface area contributed by atoms with Crippen molar-refractivity contribution in [3.8, 4) is 0 Å². The van der Waals surface area contributed by atoms with Gasteiger partial charge in [0.2, 0.25) is 0 Å². The van der Waals surface area contributed by atoms with Crippen LogP contribution in [0.3, 0.4) is 0 Å². The van der Waals surface area contributed by atoms with E-state index in [0.29, 0.717) is 5.57 Å². The first-order valence-corrected chi connectivity index (χ1v) is 3.22. The lowest BCUT2D eigenvalue weighted by molar-refractivity contribution is -0.133. The molecule has 0 rings (SSSR count). The molecule has 60 valence electrons. The zero-order valence-electron chi connectivity index (χ0n) is 6.89. The van der Waals surface area contributed by atoms with Crippen LogP contribution >= 0.6 is 0 Å². The largest absolute Gasteiger partial charge is 0.431 e. The highest BCUT2D eigenvalue weighted by molar-refractivity contribution is 5.87. The number of allylic oxidation sites excluding steroid dienone is 2. The highest BCUT2D eigenvalue weighted by Gasteiger charge is 1.98. The number of hydrogen-bond acceptors (Lipinski definition) is 2. The maximum Gasteiger partial charge on any atom is 0.337 e. The molecular weight excluding hydrogens is 140 g/mol. The van der Waals surface area contributed by atoms with Gasteiger partial charge in [0.1, 0.15) is 0 Å². The Morgan fingerprint density at radius 3 is 2.27 bits per heavy atom. The van der Waals surface area contributed by atoms with Crippen molar-refractivity contribution in [3.63, 3.8) is 0 Å². The molecule has 11 heavy (non-hydrogen) atoms. The predicted octanol–water partition coefficient (Wildman–Crippen LogP) is 2.20. The van der Waals surface area contributed by atoms with Crippen LogP contribution in [0.5, 0.6) is 0 Å². The molecule has 0 saturated carbocycles. The highest BCUT2D eigenvalue weighted by atomic mass is 16.5. The average molecular weight is 152 g/mol. The van der Waals surface area contributed by atoms with E-state index >= 15 is 0 Å². The summed E-state index contributed by atoms with van der Waals surface area (Å²) in [7, 11) is 0. The van der Waals surface area contributed by atoms with Gasteiger partial charge in [-0.25, -0.2) is 4.79 Å². The molecule has 0 aliphatic heterocycles. The zero-order valence-corrected chi connectivity index (χ0v) is 6.89. The molecule has 2 nitrogen and oxygen atoms in total. The molecule has 0 aliphatic carbocycles. The molecule has 0 atom stereocenters. The summed E-state index contributed by atoms with van der Waals surface area (Å²) in [5.74, 6) is -0.414. The van der Waals surface area contributed by atoms with E-state index in [9.17, 15) is 4.79 Å². The molecule has 0 saturated heterocycles. The van der Waals surface area contributed by atoms with Gasteiger partial charge in [-0.2, -0.15) is 0 Å². The normalized spacial score (nSPS) is 9.64. The molecule has 0 aromatic rings. The van der Waals surface area contributed by atoms with Crippen LogP contribution in [0.4, 0.5) is 0 Å². The molecule has 0 aromatic heterocycles. The second kappa shape index (κ2) is 4.50. The van der Waals surface area contributed by atoms with Crippen molar-refractivity contribution in [1.29, 1.82) is 0 Å². The van der Waals surface area contributed by atoms with Crippen LogP contribution in [-0.2, 0) is 9.53 Å². The summed E-state index contributed by atoms with van der Waals surface area (Å²) < 4.78 is 4.63. The van der Waals surface area contributed by atoms with Crippen LogP contribution in [0.1, 0.15) is 13.8 Å². The summed E-state index contributed by atoms with van der Waals surface area (Å²) in [6.07, 6.45) is 2.92. The second-order valence-corrected chi connectivity index (χ2v) is 2.33. The van der Waals surface area contributed by atoms with Crippen molar-refractivity contribution in [2.45, 2.75) is 13.8 Å². The van der Waals surface area contributed by atoms with Gasteiger partial charge in [0, 0.05) is 5.57 Å². The van der Waals surface area contributed by atoms with Gasteiger partial charge >= 0.3 is 5.97 Å². The Balaban J connectivity index is 3.80. The van der Waals surface area contributed by atoms with E-state index < -0.39 is 5.97 Å². The van der Waals surface area contributed by atoms with E-state index in [1.807, 2.05) is 6.92 Å². The lowest BCUT2D eigenvalue weighted by atomic mass is 10.3. The number of esters is 1. The van der Waals surface area contributed by atoms with E-state index in [1.54, 1.807) is 13.0 Å². The van der Waals surface area contributed by atoms with E-state index in [4.69, 9.17) is 0 Å². The maximum atomic E-state index is 10.7. The molecule has 0 spiro atoms. The van der Waals surface area contributed by atoms with Crippen molar-refractivity contribution in [2.24, 2.45) is 0 Å². The first-order chi connectivity index (χ1) is 5.04. The number of ether oxygens (including phenoxy) is 1. The van der Waals surface area contributed by atoms with Crippen LogP contribution in [0.25, 0.3) is 0 Å². The van der Waals surface area contributed by atoms with Crippen LogP contribution < -0.4 is 0 Å². The number of hydrogen-bond donors (Lipinski definition) is 0. The summed E-state index contributed by atoms with van der Waals surface area (Å²) >= 11 is 0. The zero-order chi connectivity index (χ0) is 8.85. The first kappa shape index (κ1) is 9.69. The Kier molecular flexibility index (Phi) is 3.96. The Hall–Kier alpha value is -1.31. The van der Waals surface area contributed by atoms with Gasteiger partial charge in [-0.05, 0) is 19.9 Å². The summed E-state index contributed by atoms with van der Waals surface area (Å²) in [5.41, 5.74) is 1.22. The lowest BCUT2D eigenvalue weighted by Gasteiger charge is -1.95. The molecular formula is C9H12O2. The van der Waals surface area contributed by atoms with Gasteiger partial charge in [0.05, 0.1) is 6.26 Å². The third kappa shape index (κ3) is 5.15. The van der Waals surface area contributed by atoms with Crippen LogP contribution in [0, 0.1) is 0 Å². The fourth-order valence-corrected chi connectivity index (χ4v) is 0.313. The molecule has 0 bridgehead atoms. The van der Waals surface area contributed by atoms with Gasteiger partial charge in [-0.15, -0.1) is 0 Å². The third-order valence-electron chi connectivity index (χ3n) is 0.876. The highest BCUT2D eigenvalue weighted by Crippen LogP contribution is 1.94.